The number of rotatable bonds is 6. The van der Waals surface area contributed by atoms with Crippen molar-refractivity contribution < 1.29 is 15.0 Å². The Balaban J connectivity index is 4.50. The van der Waals surface area contributed by atoms with Crippen molar-refractivity contribution in [2.45, 2.75) is 52.7 Å². The van der Waals surface area contributed by atoms with Gasteiger partial charge in [0.2, 0.25) is 0 Å². The van der Waals surface area contributed by atoms with Crippen LogP contribution in [-0.2, 0) is 4.79 Å². The van der Waals surface area contributed by atoms with Crippen LogP contribution in [0.2, 0.25) is 0 Å². The second kappa shape index (κ2) is 5.60. The number of aliphatic hydroxyl groups excluding tert-OH is 1. The van der Waals surface area contributed by atoms with Crippen molar-refractivity contribution in [2.75, 3.05) is 0 Å². The second-order valence-corrected chi connectivity index (χ2v) is 5.37. The SMILES string of the molecule is C=C(C)[C@@H](C)[C@H](O)[C@H](C)C(=O)CC(C)(C)O. The molecule has 0 aromatic carbocycles. The molecule has 0 aliphatic carbocycles. The molecule has 3 nitrogen and oxygen atoms in total. The van der Waals surface area contributed by atoms with E-state index in [1.807, 2.05) is 13.8 Å². The molecular weight excluding hydrogens is 204 g/mol. The summed E-state index contributed by atoms with van der Waals surface area (Å²) in [5.74, 6) is -0.702. The number of hydrogen-bond donors (Lipinski definition) is 2. The summed E-state index contributed by atoms with van der Waals surface area (Å²) in [6, 6.07) is 0. The van der Waals surface area contributed by atoms with Crippen LogP contribution < -0.4 is 0 Å². The maximum atomic E-state index is 11.8. The predicted octanol–water partition coefficient (Wildman–Crippen LogP) is 1.93. The van der Waals surface area contributed by atoms with Crippen LogP contribution in [0.15, 0.2) is 12.2 Å². The second-order valence-electron chi connectivity index (χ2n) is 5.37. The highest BCUT2D eigenvalue weighted by Crippen LogP contribution is 2.22. The van der Waals surface area contributed by atoms with E-state index < -0.39 is 17.6 Å². The lowest BCUT2D eigenvalue weighted by atomic mass is 9.84. The van der Waals surface area contributed by atoms with Crippen LogP contribution in [0.1, 0.15) is 41.0 Å². The maximum Gasteiger partial charge on any atom is 0.141 e. The topological polar surface area (TPSA) is 57.5 Å². The molecule has 3 atom stereocenters. The van der Waals surface area contributed by atoms with Crippen LogP contribution in [0.4, 0.5) is 0 Å². The largest absolute Gasteiger partial charge is 0.392 e. The number of hydrogen-bond acceptors (Lipinski definition) is 3. The fourth-order valence-corrected chi connectivity index (χ4v) is 1.50. The molecule has 0 spiro atoms. The summed E-state index contributed by atoms with van der Waals surface area (Å²) in [4.78, 5) is 11.8. The van der Waals surface area contributed by atoms with E-state index in [-0.39, 0.29) is 18.1 Å². The van der Waals surface area contributed by atoms with Crippen molar-refractivity contribution in [1.29, 1.82) is 0 Å². The Morgan fingerprint density at radius 3 is 2.06 bits per heavy atom. The van der Waals surface area contributed by atoms with Crippen LogP contribution in [0, 0.1) is 11.8 Å². The Morgan fingerprint density at radius 2 is 1.75 bits per heavy atom. The molecule has 0 aliphatic rings. The molecule has 0 radical (unpaired) electrons. The quantitative estimate of drug-likeness (QED) is 0.683. The minimum atomic E-state index is -1.02. The van der Waals surface area contributed by atoms with E-state index in [0.29, 0.717) is 0 Å². The lowest BCUT2D eigenvalue weighted by Crippen LogP contribution is -2.35. The molecule has 0 fully saturated rings. The van der Waals surface area contributed by atoms with E-state index in [9.17, 15) is 15.0 Å². The van der Waals surface area contributed by atoms with Crippen LogP contribution in [0.5, 0.6) is 0 Å². The van der Waals surface area contributed by atoms with Gasteiger partial charge in [0.05, 0.1) is 11.7 Å². The Bertz CT molecular complexity index is 263. The number of aliphatic hydroxyl groups is 2. The zero-order valence-corrected chi connectivity index (χ0v) is 10.9. The monoisotopic (exact) mass is 228 g/mol. The zero-order valence-electron chi connectivity index (χ0n) is 10.9. The molecule has 3 heteroatoms. The average molecular weight is 228 g/mol. The van der Waals surface area contributed by atoms with E-state index in [0.717, 1.165) is 5.57 Å². The first-order chi connectivity index (χ1) is 7.06. The van der Waals surface area contributed by atoms with Gasteiger partial charge in [-0.1, -0.05) is 26.0 Å². The summed E-state index contributed by atoms with van der Waals surface area (Å²) >= 11 is 0. The molecular formula is C13H24O3. The molecule has 0 unspecified atom stereocenters. The molecule has 2 N–H and O–H groups in total. The third-order valence-corrected chi connectivity index (χ3v) is 2.92. The van der Waals surface area contributed by atoms with Gasteiger partial charge in [-0.25, -0.2) is 0 Å². The highest BCUT2D eigenvalue weighted by atomic mass is 16.3. The number of carbonyl (C=O) groups is 1. The average Bonchev–Trinajstić information content (AvgIpc) is 2.11. The normalized spacial score (nSPS) is 17.7. The molecule has 0 amide bonds. The molecule has 0 saturated carbocycles. The summed E-state index contributed by atoms with van der Waals surface area (Å²) < 4.78 is 0. The van der Waals surface area contributed by atoms with Crippen molar-refractivity contribution >= 4 is 5.78 Å². The summed E-state index contributed by atoms with van der Waals surface area (Å²) in [5, 5.41) is 19.5. The lowest BCUT2D eigenvalue weighted by Gasteiger charge is -2.26. The summed E-state index contributed by atoms with van der Waals surface area (Å²) in [5.41, 5.74) is -0.159. The number of carbonyl (C=O) groups excluding carboxylic acids is 1. The highest BCUT2D eigenvalue weighted by molar-refractivity contribution is 5.82. The molecule has 0 heterocycles. The van der Waals surface area contributed by atoms with Gasteiger partial charge in [0.15, 0.2) is 0 Å². The van der Waals surface area contributed by atoms with Crippen molar-refractivity contribution in [3.05, 3.63) is 12.2 Å². The van der Waals surface area contributed by atoms with E-state index >= 15 is 0 Å². The Hall–Kier alpha value is -0.670. The Labute approximate surface area is 98.2 Å². The summed E-state index contributed by atoms with van der Waals surface area (Å²) in [6.45, 7) is 12.3. The summed E-state index contributed by atoms with van der Waals surface area (Å²) in [7, 11) is 0. The van der Waals surface area contributed by atoms with Gasteiger partial charge in [0, 0.05) is 18.3 Å². The molecule has 16 heavy (non-hydrogen) atoms. The van der Waals surface area contributed by atoms with Crippen molar-refractivity contribution in [2.24, 2.45) is 11.8 Å². The number of ketones is 1. The van der Waals surface area contributed by atoms with Gasteiger partial charge < -0.3 is 10.2 Å². The van der Waals surface area contributed by atoms with Gasteiger partial charge in [-0.05, 0) is 20.8 Å². The highest BCUT2D eigenvalue weighted by Gasteiger charge is 2.30. The Kier molecular flexibility index (Phi) is 5.36. The third kappa shape index (κ3) is 4.90. The van der Waals surface area contributed by atoms with E-state index in [2.05, 4.69) is 6.58 Å². The molecule has 0 bridgehead atoms. The van der Waals surface area contributed by atoms with Gasteiger partial charge >= 0.3 is 0 Å². The first-order valence-electron chi connectivity index (χ1n) is 5.65. The molecule has 0 aromatic heterocycles. The standard InChI is InChI=1S/C13H24O3/c1-8(2)9(3)12(15)10(4)11(14)7-13(5,6)16/h9-10,12,15-16H,1,7H2,2-6H3/t9-,10-,12+/m1/s1. The molecule has 0 saturated heterocycles. The van der Waals surface area contributed by atoms with Crippen LogP contribution in [0.3, 0.4) is 0 Å². The molecule has 0 rings (SSSR count). The first kappa shape index (κ1) is 15.3. The van der Waals surface area contributed by atoms with Crippen molar-refractivity contribution in [3.63, 3.8) is 0 Å². The molecule has 0 aliphatic heterocycles. The fourth-order valence-electron chi connectivity index (χ4n) is 1.50. The lowest BCUT2D eigenvalue weighted by molar-refractivity contribution is -0.130. The zero-order chi connectivity index (χ0) is 13.1. The van der Waals surface area contributed by atoms with Gasteiger partial charge in [-0.15, -0.1) is 0 Å². The molecule has 94 valence electrons. The van der Waals surface area contributed by atoms with E-state index in [1.54, 1.807) is 20.8 Å². The fraction of sp³-hybridized carbons (Fsp3) is 0.769. The minimum absolute atomic E-state index is 0.0636. The predicted molar refractivity (Wildman–Crippen MR) is 65.1 cm³/mol. The molecule has 0 aromatic rings. The maximum absolute atomic E-state index is 11.8. The van der Waals surface area contributed by atoms with Crippen LogP contribution in [-0.4, -0.2) is 27.7 Å². The smallest absolute Gasteiger partial charge is 0.141 e. The van der Waals surface area contributed by atoms with E-state index in [1.165, 1.54) is 0 Å². The van der Waals surface area contributed by atoms with Crippen LogP contribution in [0.25, 0.3) is 0 Å². The number of Topliss-reactive ketones (excluding diaryl/α,β-unsaturated/α-hetero) is 1. The van der Waals surface area contributed by atoms with Crippen molar-refractivity contribution in [1.82, 2.24) is 0 Å². The van der Waals surface area contributed by atoms with Crippen molar-refractivity contribution in [3.8, 4) is 0 Å². The van der Waals surface area contributed by atoms with Gasteiger partial charge in [-0.3, -0.25) is 4.79 Å². The van der Waals surface area contributed by atoms with Gasteiger partial charge in [0.25, 0.3) is 0 Å². The van der Waals surface area contributed by atoms with Gasteiger partial charge in [-0.2, -0.15) is 0 Å². The minimum Gasteiger partial charge on any atom is -0.392 e. The van der Waals surface area contributed by atoms with Crippen LogP contribution >= 0.6 is 0 Å². The van der Waals surface area contributed by atoms with E-state index in [4.69, 9.17) is 0 Å². The third-order valence-electron chi connectivity index (χ3n) is 2.92. The van der Waals surface area contributed by atoms with Gasteiger partial charge in [0.1, 0.15) is 5.78 Å². The summed E-state index contributed by atoms with van der Waals surface area (Å²) in [6.07, 6.45) is -0.666. The Morgan fingerprint density at radius 1 is 1.31 bits per heavy atom. The first-order valence-corrected chi connectivity index (χ1v) is 5.65.